The molecule has 124 valence electrons. The Hall–Kier alpha value is -0.943. The van der Waals surface area contributed by atoms with Crippen molar-refractivity contribution >= 4 is 14.9 Å². The first kappa shape index (κ1) is 19.1. The Morgan fingerprint density at radius 3 is 1.77 bits per heavy atom. The quantitative estimate of drug-likeness (QED) is 0.621. The summed E-state index contributed by atoms with van der Waals surface area (Å²) in [5, 5.41) is 0. The largest absolute Gasteiger partial charge is 0.506 e. The topological polar surface area (TPSA) is 27.7 Å². The highest BCUT2D eigenvalue weighted by Crippen LogP contribution is 2.24. The third-order valence-corrected chi connectivity index (χ3v) is 6.23. The summed E-state index contributed by atoms with van der Waals surface area (Å²) >= 11 is 0. The van der Waals surface area contributed by atoms with Gasteiger partial charge >= 0.3 is 8.80 Å². The molecule has 0 radical (unpaired) electrons. The fourth-order valence-corrected chi connectivity index (χ4v) is 5.77. The van der Waals surface area contributed by atoms with E-state index in [1.54, 1.807) is 0 Å². The van der Waals surface area contributed by atoms with Crippen molar-refractivity contribution in [2.24, 2.45) is 0 Å². The van der Waals surface area contributed by atoms with Crippen molar-refractivity contribution in [2.75, 3.05) is 0 Å². The molecule has 4 heteroatoms. The smallest absolute Gasteiger partial charge is 0.371 e. The number of rotatable bonds is 9. The van der Waals surface area contributed by atoms with Crippen LogP contribution in [0.1, 0.15) is 52.7 Å². The van der Waals surface area contributed by atoms with E-state index in [2.05, 4.69) is 18.7 Å². The molecule has 0 heterocycles. The molecule has 0 aliphatic heterocycles. The van der Waals surface area contributed by atoms with E-state index in [-0.39, 0.29) is 18.3 Å². The van der Waals surface area contributed by atoms with Gasteiger partial charge in [-0.3, -0.25) is 0 Å². The third kappa shape index (κ3) is 6.05. The minimum Gasteiger partial charge on any atom is -0.371 e. The Morgan fingerprint density at radius 1 is 0.909 bits per heavy atom. The van der Waals surface area contributed by atoms with Gasteiger partial charge < -0.3 is 13.3 Å². The molecule has 0 spiro atoms. The number of hydrogen-bond donors (Lipinski definition) is 0. The maximum absolute atomic E-state index is 6.22. The lowest BCUT2D eigenvalue weighted by Crippen LogP contribution is -2.53. The second-order valence-corrected chi connectivity index (χ2v) is 8.69. The molecular formula is C18H30O3Si. The molecule has 0 saturated carbocycles. The Labute approximate surface area is 136 Å². The molecule has 0 saturated heterocycles. The fourth-order valence-electron chi connectivity index (χ4n) is 2.41. The van der Waals surface area contributed by atoms with Gasteiger partial charge in [-0.25, -0.2) is 0 Å². The molecule has 0 unspecified atom stereocenters. The van der Waals surface area contributed by atoms with Crippen LogP contribution in [0.25, 0.3) is 6.08 Å². The minimum atomic E-state index is -2.82. The molecule has 0 atom stereocenters. The van der Waals surface area contributed by atoms with Crippen LogP contribution in [0.5, 0.6) is 0 Å². The summed E-state index contributed by atoms with van der Waals surface area (Å²) < 4.78 is 18.7. The standard InChI is InChI=1S/C18H30O3Si/c1-8-17-11-9-10-12-18(17)13-22(19-14(2)3,20-15(4)5)21-16(6)7/h8-12,14-16H,1,13H2,2-7H3. The first-order valence-corrected chi connectivity index (χ1v) is 9.95. The summed E-state index contributed by atoms with van der Waals surface area (Å²) in [6, 6.07) is 8.85. The van der Waals surface area contributed by atoms with Crippen LogP contribution in [0.2, 0.25) is 0 Å². The summed E-state index contributed by atoms with van der Waals surface area (Å²) in [5.74, 6) is 0. The molecule has 0 amide bonds. The average molecular weight is 323 g/mol. The molecule has 1 aromatic rings. The first-order valence-electron chi connectivity index (χ1n) is 8.01. The van der Waals surface area contributed by atoms with Crippen LogP contribution in [-0.2, 0) is 19.3 Å². The zero-order valence-electron chi connectivity index (χ0n) is 14.8. The Balaban J connectivity index is 3.17. The van der Waals surface area contributed by atoms with E-state index in [1.807, 2.05) is 59.8 Å². The van der Waals surface area contributed by atoms with Crippen LogP contribution in [0, 0.1) is 0 Å². The van der Waals surface area contributed by atoms with Crippen LogP contribution in [-0.4, -0.2) is 27.1 Å². The highest BCUT2D eigenvalue weighted by atomic mass is 28.4. The van der Waals surface area contributed by atoms with Crippen LogP contribution >= 0.6 is 0 Å². The molecule has 1 rings (SSSR count). The lowest BCUT2D eigenvalue weighted by atomic mass is 10.1. The molecule has 1 aromatic carbocycles. The minimum absolute atomic E-state index is 0.0556. The zero-order valence-corrected chi connectivity index (χ0v) is 15.8. The highest BCUT2D eigenvalue weighted by molar-refractivity contribution is 6.60. The summed E-state index contributed by atoms with van der Waals surface area (Å²) in [6.45, 7) is 16.0. The van der Waals surface area contributed by atoms with Gasteiger partial charge in [-0.2, -0.15) is 0 Å². The van der Waals surface area contributed by atoms with Gasteiger partial charge in [-0.1, -0.05) is 36.9 Å². The van der Waals surface area contributed by atoms with Crippen LogP contribution < -0.4 is 0 Å². The van der Waals surface area contributed by atoms with Crippen molar-refractivity contribution in [3.63, 3.8) is 0 Å². The summed E-state index contributed by atoms with van der Waals surface area (Å²) in [5.41, 5.74) is 2.26. The Morgan fingerprint density at radius 2 is 1.36 bits per heavy atom. The van der Waals surface area contributed by atoms with Crippen molar-refractivity contribution in [3.8, 4) is 0 Å². The molecule has 0 aromatic heterocycles. The van der Waals surface area contributed by atoms with Crippen LogP contribution in [0.4, 0.5) is 0 Å². The van der Waals surface area contributed by atoms with E-state index in [9.17, 15) is 0 Å². The van der Waals surface area contributed by atoms with Gasteiger partial charge in [-0.15, -0.1) is 0 Å². The molecule has 22 heavy (non-hydrogen) atoms. The zero-order chi connectivity index (χ0) is 16.8. The van der Waals surface area contributed by atoms with E-state index in [0.717, 1.165) is 11.1 Å². The van der Waals surface area contributed by atoms with Gasteiger partial charge in [0.15, 0.2) is 0 Å². The molecule has 0 N–H and O–H groups in total. The van der Waals surface area contributed by atoms with Crippen molar-refractivity contribution in [2.45, 2.75) is 65.9 Å². The Kier molecular flexibility index (Phi) is 7.49. The van der Waals surface area contributed by atoms with Gasteiger partial charge in [0, 0.05) is 24.4 Å². The SMILES string of the molecule is C=Cc1ccccc1C[Si](OC(C)C)(OC(C)C)OC(C)C. The third-order valence-electron chi connectivity index (χ3n) is 2.93. The molecule has 0 aliphatic carbocycles. The predicted molar refractivity (Wildman–Crippen MR) is 94.7 cm³/mol. The monoisotopic (exact) mass is 322 g/mol. The second kappa shape index (κ2) is 8.63. The molecule has 0 bridgehead atoms. The van der Waals surface area contributed by atoms with Crippen LogP contribution in [0.15, 0.2) is 30.8 Å². The number of hydrogen-bond acceptors (Lipinski definition) is 3. The van der Waals surface area contributed by atoms with E-state index < -0.39 is 8.80 Å². The molecule has 0 fully saturated rings. The van der Waals surface area contributed by atoms with E-state index >= 15 is 0 Å². The van der Waals surface area contributed by atoms with Crippen molar-refractivity contribution in [1.82, 2.24) is 0 Å². The van der Waals surface area contributed by atoms with Crippen LogP contribution in [0.3, 0.4) is 0 Å². The second-order valence-electron chi connectivity index (χ2n) is 6.26. The maximum atomic E-state index is 6.22. The first-order chi connectivity index (χ1) is 10.3. The van der Waals surface area contributed by atoms with Crippen molar-refractivity contribution in [3.05, 3.63) is 42.0 Å². The molecule has 3 nitrogen and oxygen atoms in total. The van der Waals surface area contributed by atoms with E-state index in [1.165, 1.54) is 0 Å². The van der Waals surface area contributed by atoms with Gasteiger partial charge in [0.05, 0.1) is 0 Å². The van der Waals surface area contributed by atoms with Gasteiger partial charge in [-0.05, 0) is 52.7 Å². The van der Waals surface area contributed by atoms with Gasteiger partial charge in [0.25, 0.3) is 0 Å². The summed E-state index contributed by atoms with van der Waals surface area (Å²) in [7, 11) is -2.82. The van der Waals surface area contributed by atoms with Gasteiger partial charge in [0.2, 0.25) is 0 Å². The van der Waals surface area contributed by atoms with Gasteiger partial charge in [0.1, 0.15) is 0 Å². The lowest BCUT2D eigenvalue weighted by Gasteiger charge is -2.35. The molecule has 0 aliphatic rings. The fraction of sp³-hybridized carbons (Fsp3) is 0.556. The number of benzene rings is 1. The maximum Gasteiger partial charge on any atom is 0.506 e. The Bertz CT molecular complexity index is 443. The summed E-state index contributed by atoms with van der Waals surface area (Å²) in [4.78, 5) is 0. The normalized spacial score (nSPS) is 12.4. The van der Waals surface area contributed by atoms with Crippen molar-refractivity contribution < 1.29 is 13.3 Å². The summed E-state index contributed by atoms with van der Waals surface area (Å²) in [6.07, 6.45) is 2.04. The lowest BCUT2D eigenvalue weighted by molar-refractivity contribution is 0.00235. The van der Waals surface area contributed by atoms with Crippen molar-refractivity contribution in [1.29, 1.82) is 0 Å². The highest BCUT2D eigenvalue weighted by Gasteiger charge is 2.44. The average Bonchev–Trinajstić information content (AvgIpc) is 2.36. The van der Waals surface area contributed by atoms with E-state index in [4.69, 9.17) is 13.3 Å². The van der Waals surface area contributed by atoms with E-state index in [0.29, 0.717) is 6.04 Å². The predicted octanol–water partition coefficient (Wildman–Crippen LogP) is 4.63. The molecular weight excluding hydrogens is 292 g/mol.